The highest BCUT2D eigenvalue weighted by Gasteiger charge is 2.37. The van der Waals surface area contributed by atoms with E-state index < -0.39 is 0 Å². The first-order chi connectivity index (χ1) is 10.3. The van der Waals surface area contributed by atoms with Crippen LogP contribution in [0.25, 0.3) is 0 Å². The number of benzene rings is 1. The first kappa shape index (κ1) is 15.0. The largest absolute Gasteiger partial charge is 0.393 e. The molecule has 4 heteroatoms. The third-order valence-electron chi connectivity index (χ3n) is 4.90. The van der Waals surface area contributed by atoms with E-state index in [1.165, 1.54) is 5.56 Å². The molecule has 116 valence electrons. The molecule has 0 amide bonds. The lowest BCUT2D eigenvalue weighted by molar-refractivity contribution is -0.0536. The summed E-state index contributed by atoms with van der Waals surface area (Å²) in [5.74, 6) is 0.349. The molecule has 21 heavy (non-hydrogen) atoms. The van der Waals surface area contributed by atoms with E-state index in [4.69, 9.17) is 9.84 Å². The van der Waals surface area contributed by atoms with E-state index in [-0.39, 0.29) is 12.7 Å². The lowest BCUT2D eigenvalue weighted by atomic mass is 9.94. The fourth-order valence-corrected chi connectivity index (χ4v) is 3.65. The maximum atomic E-state index is 10.2. The number of nitrogens with zero attached hydrogens (tertiary/aromatic N) is 1. The van der Waals surface area contributed by atoms with Crippen molar-refractivity contribution < 1.29 is 14.9 Å². The maximum Gasteiger partial charge on any atom is 0.0681 e. The highest BCUT2D eigenvalue weighted by Crippen LogP contribution is 2.32. The Bertz CT molecular complexity index is 448. The molecule has 0 unspecified atom stereocenters. The normalized spacial score (nSPS) is 30.7. The van der Waals surface area contributed by atoms with E-state index >= 15 is 0 Å². The Balaban J connectivity index is 1.68. The third kappa shape index (κ3) is 3.46. The molecule has 1 aromatic rings. The molecule has 2 aliphatic rings. The molecule has 0 bridgehead atoms. The number of morpholine rings is 1. The Morgan fingerprint density at radius 1 is 1.14 bits per heavy atom. The topological polar surface area (TPSA) is 52.9 Å². The summed E-state index contributed by atoms with van der Waals surface area (Å²) in [5, 5.41) is 19.3. The smallest absolute Gasteiger partial charge is 0.0681 e. The van der Waals surface area contributed by atoms with E-state index in [2.05, 4.69) is 17.0 Å². The van der Waals surface area contributed by atoms with Gasteiger partial charge in [-0.1, -0.05) is 30.7 Å². The summed E-state index contributed by atoms with van der Waals surface area (Å²) < 4.78 is 5.66. The average molecular weight is 291 g/mol. The highest BCUT2D eigenvalue weighted by atomic mass is 16.5. The number of aliphatic hydroxyl groups is 2. The zero-order valence-electron chi connectivity index (χ0n) is 12.4. The van der Waals surface area contributed by atoms with Crippen LogP contribution in [0, 0.1) is 5.92 Å². The molecule has 1 heterocycles. The van der Waals surface area contributed by atoms with Crippen molar-refractivity contribution in [3.8, 4) is 0 Å². The molecule has 2 fully saturated rings. The zero-order chi connectivity index (χ0) is 14.7. The van der Waals surface area contributed by atoms with E-state index in [9.17, 15) is 5.11 Å². The van der Waals surface area contributed by atoms with Crippen LogP contribution < -0.4 is 0 Å². The van der Waals surface area contributed by atoms with Crippen LogP contribution in [0.3, 0.4) is 0 Å². The second-order valence-electron chi connectivity index (χ2n) is 6.25. The Morgan fingerprint density at radius 3 is 2.57 bits per heavy atom. The van der Waals surface area contributed by atoms with Crippen molar-refractivity contribution in [2.75, 3.05) is 19.8 Å². The van der Waals surface area contributed by atoms with E-state index in [1.807, 2.05) is 12.1 Å². The molecule has 1 aromatic carbocycles. The van der Waals surface area contributed by atoms with Crippen molar-refractivity contribution in [2.24, 2.45) is 5.92 Å². The lowest BCUT2D eigenvalue weighted by Gasteiger charge is -2.40. The first-order valence-electron chi connectivity index (χ1n) is 7.96. The first-order valence-corrected chi connectivity index (χ1v) is 7.96. The number of aliphatic hydroxyl groups excluding tert-OH is 2. The van der Waals surface area contributed by atoms with Gasteiger partial charge in [0.2, 0.25) is 0 Å². The monoisotopic (exact) mass is 291 g/mol. The standard InChI is InChI=1S/C17H25NO3/c19-11-14-6-4-13(5-7-14)10-18-8-9-21-12-16(18)15-2-1-3-17(15)20/h4-7,15-17,19-20H,1-3,8-12H2/t15-,16+,17+/m0/s1. The van der Waals surface area contributed by atoms with Crippen molar-refractivity contribution in [2.45, 2.75) is 44.6 Å². The molecule has 0 radical (unpaired) electrons. The van der Waals surface area contributed by atoms with Crippen molar-refractivity contribution in [3.63, 3.8) is 0 Å². The minimum atomic E-state index is -0.170. The van der Waals surface area contributed by atoms with Crippen molar-refractivity contribution in [1.29, 1.82) is 0 Å². The maximum absolute atomic E-state index is 10.2. The molecule has 3 rings (SSSR count). The summed E-state index contributed by atoms with van der Waals surface area (Å²) in [6.07, 6.45) is 2.99. The van der Waals surface area contributed by atoms with Crippen LogP contribution in [0.2, 0.25) is 0 Å². The molecule has 1 saturated heterocycles. The van der Waals surface area contributed by atoms with Crippen LogP contribution in [0.1, 0.15) is 30.4 Å². The van der Waals surface area contributed by atoms with Crippen LogP contribution in [0.15, 0.2) is 24.3 Å². The third-order valence-corrected chi connectivity index (χ3v) is 4.90. The minimum Gasteiger partial charge on any atom is -0.393 e. The van der Waals surface area contributed by atoms with Crippen molar-refractivity contribution >= 4 is 0 Å². The number of rotatable bonds is 4. The molecule has 0 spiro atoms. The van der Waals surface area contributed by atoms with Gasteiger partial charge in [0.05, 0.1) is 25.9 Å². The molecule has 0 aromatic heterocycles. The van der Waals surface area contributed by atoms with E-state index in [1.54, 1.807) is 0 Å². The van der Waals surface area contributed by atoms with Gasteiger partial charge in [-0.05, 0) is 24.0 Å². The second-order valence-corrected chi connectivity index (χ2v) is 6.25. The zero-order valence-corrected chi connectivity index (χ0v) is 12.4. The summed E-state index contributed by atoms with van der Waals surface area (Å²) in [6, 6.07) is 8.46. The second kappa shape index (κ2) is 6.88. The Hall–Kier alpha value is -0.940. The van der Waals surface area contributed by atoms with Crippen LogP contribution >= 0.6 is 0 Å². The van der Waals surface area contributed by atoms with Gasteiger partial charge in [0, 0.05) is 25.0 Å². The number of ether oxygens (including phenoxy) is 1. The van der Waals surface area contributed by atoms with Gasteiger partial charge in [-0.15, -0.1) is 0 Å². The Kier molecular flexibility index (Phi) is 4.91. The predicted octanol–water partition coefficient (Wildman–Crippen LogP) is 1.54. The van der Waals surface area contributed by atoms with Gasteiger partial charge in [-0.3, -0.25) is 4.90 Å². The Labute approximate surface area is 126 Å². The highest BCUT2D eigenvalue weighted by molar-refractivity contribution is 5.22. The fourth-order valence-electron chi connectivity index (χ4n) is 3.65. The molecule has 1 saturated carbocycles. The van der Waals surface area contributed by atoms with Gasteiger partial charge in [0.25, 0.3) is 0 Å². The van der Waals surface area contributed by atoms with Gasteiger partial charge in [0.1, 0.15) is 0 Å². The fraction of sp³-hybridized carbons (Fsp3) is 0.647. The number of hydrogen-bond donors (Lipinski definition) is 2. The van der Waals surface area contributed by atoms with E-state index in [0.717, 1.165) is 51.1 Å². The molecule has 2 N–H and O–H groups in total. The summed E-state index contributed by atoms with van der Waals surface area (Å²) in [6.45, 7) is 3.41. The van der Waals surface area contributed by atoms with Gasteiger partial charge in [-0.25, -0.2) is 0 Å². The summed E-state index contributed by atoms with van der Waals surface area (Å²) in [5.41, 5.74) is 2.20. The predicted molar refractivity (Wildman–Crippen MR) is 80.7 cm³/mol. The molecular weight excluding hydrogens is 266 g/mol. The SMILES string of the molecule is OCc1ccc(CN2CCOC[C@@H]2[C@@H]2CCC[C@H]2O)cc1. The molecule has 3 atom stereocenters. The molecule has 4 nitrogen and oxygen atoms in total. The van der Waals surface area contributed by atoms with Crippen LogP contribution in [0.4, 0.5) is 0 Å². The molecule has 1 aliphatic heterocycles. The number of hydrogen-bond acceptors (Lipinski definition) is 4. The summed E-state index contributed by atoms with van der Waals surface area (Å²) in [4.78, 5) is 2.46. The molecular formula is C17H25NO3. The molecule has 1 aliphatic carbocycles. The van der Waals surface area contributed by atoms with Crippen LogP contribution in [0.5, 0.6) is 0 Å². The van der Waals surface area contributed by atoms with Gasteiger partial charge >= 0.3 is 0 Å². The van der Waals surface area contributed by atoms with Gasteiger partial charge in [0.15, 0.2) is 0 Å². The lowest BCUT2D eigenvalue weighted by Crippen LogP contribution is -2.50. The summed E-state index contributed by atoms with van der Waals surface area (Å²) >= 11 is 0. The van der Waals surface area contributed by atoms with Crippen LogP contribution in [-0.4, -0.2) is 47.0 Å². The van der Waals surface area contributed by atoms with Gasteiger partial charge < -0.3 is 14.9 Å². The average Bonchev–Trinajstić information content (AvgIpc) is 2.95. The summed E-state index contributed by atoms with van der Waals surface area (Å²) in [7, 11) is 0. The van der Waals surface area contributed by atoms with Crippen LogP contribution in [-0.2, 0) is 17.9 Å². The van der Waals surface area contributed by atoms with Crippen molar-refractivity contribution in [3.05, 3.63) is 35.4 Å². The quantitative estimate of drug-likeness (QED) is 0.883. The Morgan fingerprint density at radius 2 is 1.90 bits per heavy atom. The van der Waals surface area contributed by atoms with E-state index in [0.29, 0.717) is 12.0 Å². The van der Waals surface area contributed by atoms with Crippen molar-refractivity contribution in [1.82, 2.24) is 4.90 Å². The van der Waals surface area contributed by atoms with Gasteiger partial charge in [-0.2, -0.15) is 0 Å². The minimum absolute atomic E-state index is 0.0920.